The van der Waals surface area contributed by atoms with Crippen LogP contribution in [-0.4, -0.2) is 24.8 Å². The number of nitrogens with zero attached hydrogens (tertiary/aromatic N) is 5. The first-order chi connectivity index (χ1) is 11.7. The lowest BCUT2D eigenvalue weighted by molar-refractivity contribution is 0.293. The summed E-state index contributed by atoms with van der Waals surface area (Å²) in [6, 6.07) is 8.87. The van der Waals surface area contributed by atoms with Gasteiger partial charge in [0.05, 0.1) is 5.02 Å². The van der Waals surface area contributed by atoms with Crippen LogP contribution in [0.25, 0.3) is 15.5 Å². The first kappa shape index (κ1) is 15.3. The third-order valence-electron chi connectivity index (χ3n) is 3.21. The molecular weight excluding hydrogens is 369 g/mol. The molecule has 0 aliphatic heterocycles. The Morgan fingerprint density at radius 2 is 2.08 bits per heavy atom. The first-order valence-corrected chi connectivity index (χ1v) is 8.47. The van der Waals surface area contributed by atoms with Crippen molar-refractivity contribution in [3.05, 3.63) is 58.6 Å². The van der Waals surface area contributed by atoms with Gasteiger partial charge in [0.1, 0.15) is 17.4 Å². The van der Waals surface area contributed by atoms with Crippen molar-refractivity contribution < 1.29 is 4.74 Å². The zero-order valence-electron chi connectivity index (χ0n) is 12.1. The molecule has 0 aliphatic carbocycles. The summed E-state index contributed by atoms with van der Waals surface area (Å²) in [7, 11) is 0. The molecule has 0 unspecified atom stereocenters. The smallest absolute Gasteiger partial charge is 0.235 e. The standard InChI is InChI=1S/C15H9Cl2N5OS/c16-10-3-4-12(11(17)6-10)23-8-13-19-20-15-22(13)21-14(24-15)9-2-1-5-18-7-9/h1-7H,8H2. The first-order valence-electron chi connectivity index (χ1n) is 6.90. The Morgan fingerprint density at radius 3 is 2.88 bits per heavy atom. The Bertz CT molecular complexity index is 1000. The Hall–Kier alpha value is -2.22. The van der Waals surface area contributed by atoms with Gasteiger partial charge >= 0.3 is 0 Å². The van der Waals surface area contributed by atoms with E-state index in [4.69, 9.17) is 27.9 Å². The second-order valence-electron chi connectivity index (χ2n) is 4.82. The number of aromatic nitrogens is 5. The van der Waals surface area contributed by atoms with Gasteiger partial charge in [-0.1, -0.05) is 34.5 Å². The summed E-state index contributed by atoms with van der Waals surface area (Å²) in [6.07, 6.45) is 3.48. The summed E-state index contributed by atoms with van der Waals surface area (Å²) >= 11 is 13.4. The highest BCUT2D eigenvalue weighted by Gasteiger charge is 2.14. The summed E-state index contributed by atoms with van der Waals surface area (Å²) in [4.78, 5) is 4.79. The molecule has 0 amide bonds. The van der Waals surface area contributed by atoms with Crippen LogP contribution in [0.1, 0.15) is 5.82 Å². The highest BCUT2D eigenvalue weighted by molar-refractivity contribution is 7.19. The number of rotatable bonds is 4. The highest BCUT2D eigenvalue weighted by atomic mass is 35.5. The monoisotopic (exact) mass is 377 g/mol. The second kappa shape index (κ2) is 6.35. The van der Waals surface area contributed by atoms with Gasteiger partial charge in [-0.15, -0.1) is 10.2 Å². The van der Waals surface area contributed by atoms with Crippen molar-refractivity contribution in [3.8, 4) is 16.3 Å². The molecule has 0 spiro atoms. The number of pyridine rings is 1. The van der Waals surface area contributed by atoms with E-state index in [9.17, 15) is 0 Å². The van der Waals surface area contributed by atoms with Crippen LogP contribution in [0.2, 0.25) is 10.0 Å². The van der Waals surface area contributed by atoms with Gasteiger partial charge in [-0.3, -0.25) is 4.98 Å². The average Bonchev–Trinajstić information content (AvgIpc) is 3.16. The van der Waals surface area contributed by atoms with Gasteiger partial charge in [-0.2, -0.15) is 9.61 Å². The van der Waals surface area contributed by atoms with E-state index in [0.29, 0.717) is 26.6 Å². The molecule has 4 aromatic rings. The number of ether oxygens (including phenoxy) is 1. The lowest BCUT2D eigenvalue weighted by atomic mass is 10.3. The molecule has 0 radical (unpaired) electrons. The van der Waals surface area contributed by atoms with Crippen molar-refractivity contribution in [2.75, 3.05) is 0 Å². The fourth-order valence-corrected chi connectivity index (χ4v) is 3.40. The summed E-state index contributed by atoms with van der Waals surface area (Å²) < 4.78 is 7.36. The maximum Gasteiger partial charge on any atom is 0.235 e. The molecule has 9 heteroatoms. The van der Waals surface area contributed by atoms with Gasteiger partial charge in [0, 0.05) is 23.0 Å². The van der Waals surface area contributed by atoms with Crippen molar-refractivity contribution in [3.63, 3.8) is 0 Å². The molecule has 0 saturated carbocycles. The number of hydrogen-bond acceptors (Lipinski definition) is 6. The van der Waals surface area contributed by atoms with Crippen LogP contribution < -0.4 is 4.74 Å². The van der Waals surface area contributed by atoms with Gasteiger partial charge in [0.2, 0.25) is 4.96 Å². The molecule has 0 fully saturated rings. The highest BCUT2D eigenvalue weighted by Crippen LogP contribution is 2.29. The predicted molar refractivity (Wildman–Crippen MR) is 92.7 cm³/mol. The lowest BCUT2D eigenvalue weighted by Crippen LogP contribution is -2.02. The van der Waals surface area contributed by atoms with Crippen LogP contribution in [0.4, 0.5) is 0 Å². The molecule has 1 aromatic carbocycles. The minimum absolute atomic E-state index is 0.193. The summed E-state index contributed by atoms with van der Waals surface area (Å²) in [6.45, 7) is 0.193. The molecule has 0 aliphatic rings. The summed E-state index contributed by atoms with van der Waals surface area (Å²) in [5.74, 6) is 1.11. The predicted octanol–water partition coefficient (Wildman–Crippen LogP) is 4.13. The molecule has 0 atom stereocenters. The Kier molecular flexibility index (Phi) is 4.05. The molecule has 4 rings (SSSR count). The largest absolute Gasteiger partial charge is 0.484 e. The second-order valence-corrected chi connectivity index (χ2v) is 6.62. The molecule has 6 nitrogen and oxygen atoms in total. The number of benzene rings is 1. The quantitative estimate of drug-likeness (QED) is 0.534. The molecule has 0 bridgehead atoms. The van der Waals surface area contributed by atoms with E-state index in [2.05, 4.69) is 20.3 Å². The van der Waals surface area contributed by atoms with Gasteiger partial charge < -0.3 is 4.74 Å². The van der Waals surface area contributed by atoms with Crippen LogP contribution >= 0.6 is 34.5 Å². The van der Waals surface area contributed by atoms with E-state index in [1.165, 1.54) is 11.3 Å². The van der Waals surface area contributed by atoms with Gasteiger partial charge in [-0.05, 0) is 30.3 Å². The van der Waals surface area contributed by atoms with E-state index in [1.54, 1.807) is 35.1 Å². The van der Waals surface area contributed by atoms with Crippen LogP contribution in [0.3, 0.4) is 0 Å². The minimum Gasteiger partial charge on any atom is -0.484 e. The molecule has 0 saturated heterocycles. The average molecular weight is 378 g/mol. The maximum absolute atomic E-state index is 6.10. The van der Waals surface area contributed by atoms with Gasteiger partial charge in [0.15, 0.2) is 5.82 Å². The van der Waals surface area contributed by atoms with Crippen molar-refractivity contribution in [2.24, 2.45) is 0 Å². The topological polar surface area (TPSA) is 65.2 Å². The SMILES string of the molecule is Clc1ccc(OCc2nnc3sc(-c4cccnc4)nn23)c(Cl)c1. The van der Waals surface area contributed by atoms with Crippen molar-refractivity contribution >= 4 is 39.5 Å². The minimum atomic E-state index is 0.193. The molecule has 3 aromatic heterocycles. The lowest BCUT2D eigenvalue weighted by Gasteiger charge is -2.06. The van der Waals surface area contributed by atoms with Crippen molar-refractivity contribution in [2.45, 2.75) is 6.61 Å². The van der Waals surface area contributed by atoms with Gasteiger partial charge in [0.25, 0.3) is 0 Å². The number of fused-ring (bicyclic) bond motifs is 1. The Morgan fingerprint density at radius 1 is 1.17 bits per heavy atom. The maximum atomic E-state index is 6.10. The van der Waals surface area contributed by atoms with E-state index in [-0.39, 0.29) is 6.61 Å². The Balaban J connectivity index is 1.59. The number of halogens is 2. The third-order valence-corrected chi connectivity index (χ3v) is 4.69. The van der Waals surface area contributed by atoms with Crippen LogP contribution in [0, 0.1) is 0 Å². The zero-order valence-corrected chi connectivity index (χ0v) is 14.4. The normalized spacial score (nSPS) is 11.1. The van der Waals surface area contributed by atoms with E-state index >= 15 is 0 Å². The third kappa shape index (κ3) is 2.93. The zero-order chi connectivity index (χ0) is 16.5. The van der Waals surface area contributed by atoms with Crippen LogP contribution in [0.5, 0.6) is 5.75 Å². The van der Waals surface area contributed by atoms with E-state index in [0.717, 1.165) is 10.6 Å². The molecule has 0 N–H and O–H groups in total. The van der Waals surface area contributed by atoms with E-state index in [1.807, 2.05) is 12.1 Å². The fraction of sp³-hybridized carbons (Fsp3) is 0.0667. The molecular formula is C15H9Cl2N5OS. The van der Waals surface area contributed by atoms with E-state index < -0.39 is 0 Å². The molecule has 24 heavy (non-hydrogen) atoms. The fourth-order valence-electron chi connectivity index (χ4n) is 2.09. The van der Waals surface area contributed by atoms with Crippen LogP contribution in [0.15, 0.2) is 42.7 Å². The summed E-state index contributed by atoms with van der Waals surface area (Å²) in [5, 5.41) is 14.6. The van der Waals surface area contributed by atoms with Crippen molar-refractivity contribution in [1.82, 2.24) is 24.8 Å². The molecule has 120 valence electrons. The van der Waals surface area contributed by atoms with Crippen LogP contribution in [-0.2, 0) is 6.61 Å². The number of hydrogen-bond donors (Lipinski definition) is 0. The summed E-state index contributed by atoms with van der Waals surface area (Å²) in [5.41, 5.74) is 0.931. The Labute approximate surface area is 150 Å². The van der Waals surface area contributed by atoms with Crippen molar-refractivity contribution in [1.29, 1.82) is 0 Å². The molecule has 3 heterocycles. The van der Waals surface area contributed by atoms with Gasteiger partial charge in [-0.25, -0.2) is 0 Å².